The molecule has 0 fully saturated rings. The predicted molar refractivity (Wildman–Crippen MR) is 42.9 cm³/mol. The van der Waals surface area contributed by atoms with E-state index in [0.29, 0.717) is 12.2 Å². The average molecular weight is 169 g/mol. The number of furan rings is 1. The van der Waals surface area contributed by atoms with Crippen molar-refractivity contribution in [3.8, 4) is 0 Å². The number of rotatable bonds is 4. The van der Waals surface area contributed by atoms with Gasteiger partial charge in [0.05, 0.1) is 6.26 Å². The minimum Gasteiger partial charge on any atom is -0.480 e. The molecule has 4 nitrogen and oxygen atoms in total. The number of aliphatic carboxylic acids is 1. The average Bonchev–Trinajstić information content (AvgIpc) is 2.51. The molecule has 0 saturated carbocycles. The highest BCUT2D eigenvalue weighted by Gasteiger charge is 2.16. The number of hydrogen-bond acceptors (Lipinski definition) is 3. The first-order chi connectivity index (χ1) is 5.74. The number of carboxylic acid groups (broad SMARTS) is 1. The molecule has 0 aliphatic heterocycles. The summed E-state index contributed by atoms with van der Waals surface area (Å²) < 4.78 is 5.01. The molecule has 0 saturated heterocycles. The molecule has 12 heavy (non-hydrogen) atoms. The fourth-order valence-corrected chi connectivity index (χ4v) is 0.943. The molecule has 0 amide bonds. The van der Waals surface area contributed by atoms with Crippen molar-refractivity contribution in [1.82, 2.24) is 5.32 Å². The molecule has 1 aromatic rings. The molecule has 0 spiro atoms. The van der Waals surface area contributed by atoms with Gasteiger partial charge in [-0.25, -0.2) is 0 Å². The summed E-state index contributed by atoms with van der Waals surface area (Å²) in [5, 5.41) is 11.3. The molecule has 1 heterocycles. The molecule has 1 atom stereocenters. The lowest BCUT2D eigenvalue weighted by molar-refractivity contribution is -0.139. The lowest BCUT2D eigenvalue weighted by atomic mass is 10.2. The number of nitrogens with one attached hydrogen (secondary N) is 1. The van der Waals surface area contributed by atoms with Gasteiger partial charge >= 0.3 is 5.97 Å². The molecule has 2 N–H and O–H groups in total. The van der Waals surface area contributed by atoms with E-state index in [1.165, 1.54) is 6.26 Å². The van der Waals surface area contributed by atoms with Crippen molar-refractivity contribution in [3.63, 3.8) is 0 Å². The Labute approximate surface area is 70.2 Å². The summed E-state index contributed by atoms with van der Waals surface area (Å²) in [7, 11) is 1.61. The first-order valence-corrected chi connectivity index (χ1v) is 3.66. The van der Waals surface area contributed by atoms with Crippen molar-refractivity contribution >= 4 is 5.97 Å². The summed E-state index contributed by atoms with van der Waals surface area (Å²) in [6, 6.07) is 2.92. The van der Waals surface area contributed by atoms with Crippen molar-refractivity contribution < 1.29 is 14.3 Å². The van der Waals surface area contributed by atoms with Crippen LogP contribution in [-0.2, 0) is 11.2 Å². The highest BCUT2D eigenvalue weighted by molar-refractivity contribution is 5.73. The summed E-state index contributed by atoms with van der Waals surface area (Å²) in [5.41, 5.74) is 0. The maximum Gasteiger partial charge on any atom is 0.321 e. The van der Waals surface area contributed by atoms with Gasteiger partial charge in [0.1, 0.15) is 11.8 Å². The SMILES string of the molecule is CN[C@@H](Cc1ccco1)C(=O)O. The maximum atomic E-state index is 10.6. The Morgan fingerprint density at radius 3 is 3.00 bits per heavy atom. The van der Waals surface area contributed by atoms with Gasteiger partial charge in [0.25, 0.3) is 0 Å². The topological polar surface area (TPSA) is 62.5 Å². The lowest BCUT2D eigenvalue weighted by Crippen LogP contribution is -2.35. The number of likely N-dealkylation sites (N-methyl/N-ethyl adjacent to an activating group) is 1. The molecule has 0 aliphatic carbocycles. The maximum absolute atomic E-state index is 10.6. The third kappa shape index (κ3) is 2.10. The number of carboxylic acids is 1. The van der Waals surface area contributed by atoms with Crippen molar-refractivity contribution in [1.29, 1.82) is 0 Å². The lowest BCUT2D eigenvalue weighted by Gasteiger charge is -2.07. The van der Waals surface area contributed by atoms with Gasteiger partial charge in [-0.2, -0.15) is 0 Å². The van der Waals surface area contributed by atoms with Crippen LogP contribution in [0.5, 0.6) is 0 Å². The van der Waals surface area contributed by atoms with E-state index < -0.39 is 12.0 Å². The van der Waals surface area contributed by atoms with Gasteiger partial charge in [-0.15, -0.1) is 0 Å². The van der Waals surface area contributed by atoms with E-state index in [2.05, 4.69) is 5.32 Å². The summed E-state index contributed by atoms with van der Waals surface area (Å²) in [5.74, 6) is -0.189. The summed E-state index contributed by atoms with van der Waals surface area (Å²) >= 11 is 0. The van der Waals surface area contributed by atoms with Crippen LogP contribution in [0.4, 0.5) is 0 Å². The number of carbonyl (C=O) groups is 1. The van der Waals surface area contributed by atoms with Crippen LogP contribution in [0.2, 0.25) is 0 Å². The predicted octanol–water partition coefficient (Wildman–Crippen LogP) is 0.495. The third-order valence-corrected chi connectivity index (χ3v) is 1.63. The second kappa shape index (κ2) is 3.92. The Morgan fingerprint density at radius 1 is 1.83 bits per heavy atom. The first kappa shape index (κ1) is 8.80. The standard InChI is InChI=1S/C8H11NO3/c1-9-7(8(10)11)5-6-3-2-4-12-6/h2-4,7,9H,5H2,1H3,(H,10,11)/t7-/m0/s1. The van der Waals surface area contributed by atoms with Gasteiger partial charge in [-0.3, -0.25) is 4.79 Å². The fourth-order valence-electron chi connectivity index (χ4n) is 0.943. The monoisotopic (exact) mass is 169 g/mol. The quantitative estimate of drug-likeness (QED) is 0.688. The van der Waals surface area contributed by atoms with E-state index in [1.54, 1.807) is 19.2 Å². The van der Waals surface area contributed by atoms with E-state index in [4.69, 9.17) is 9.52 Å². The summed E-state index contributed by atoms with van der Waals surface area (Å²) in [6.07, 6.45) is 1.91. The molecule has 0 bridgehead atoms. The zero-order valence-electron chi connectivity index (χ0n) is 6.78. The van der Waals surface area contributed by atoms with Crippen LogP contribution in [-0.4, -0.2) is 24.2 Å². The molecule has 1 rings (SSSR count). The van der Waals surface area contributed by atoms with Gasteiger partial charge in [-0.1, -0.05) is 0 Å². The Balaban J connectivity index is 2.54. The van der Waals surface area contributed by atoms with Crippen LogP contribution >= 0.6 is 0 Å². The fraction of sp³-hybridized carbons (Fsp3) is 0.375. The molecular weight excluding hydrogens is 158 g/mol. The van der Waals surface area contributed by atoms with Crippen molar-refractivity contribution in [2.24, 2.45) is 0 Å². The van der Waals surface area contributed by atoms with Gasteiger partial charge in [-0.05, 0) is 19.2 Å². The molecule has 66 valence electrons. The van der Waals surface area contributed by atoms with Crippen molar-refractivity contribution in [2.75, 3.05) is 7.05 Å². The van der Waals surface area contributed by atoms with Gasteiger partial charge in [0.15, 0.2) is 0 Å². The minimum atomic E-state index is -0.867. The zero-order valence-corrected chi connectivity index (χ0v) is 6.78. The van der Waals surface area contributed by atoms with E-state index in [0.717, 1.165) is 0 Å². The smallest absolute Gasteiger partial charge is 0.321 e. The molecule has 0 unspecified atom stereocenters. The van der Waals surface area contributed by atoms with E-state index in [-0.39, 0.29) is 0 Å². The molecule has 0 aliphatic rings. The van der Waals surface area contributed by atoms with Crippen LogP contribution in [0.15, 0.2) is 22.8 Å². The highest BCUT2D eigenvalue weighted by atomic mass is 16.4. The molecule has 0 radical (unpaired) electrons. The van der Waals surface area contributed by atoms with Crippen molar-refractivity contribution in [3.05, 3.63) is 24.2 Å². The third-order valence-electron chi connectivity index (χ3n) is 1.63. The molecule has 1 aromatic heterocycles. The Kier molecular flexibility index (Phi) is 2.88. The Morgan fingerprint density at radius 2 is 2.58 bits per heavy atom. The molecular formula is C8H11NO3. The molecule has 4 heteroatoms. The second-order valence-electron chi connectivity index (χ2n) is 2.46. The Hall–Kier alpha value is -1.29. The van der Waals surface area contributed by atoms with E-state index >= 15 is 0 Å². The van der Waals surface area contributed by atoms with Crippen LogP contribution in [0, 0.1) is 0 Å². The Bertz CT molecular complexity index is 243. The highest BCUT2D eigenvalue weighted by Crippen LogP contribution is 2.03. The minimum absolute atomic E-state index is 0.374. The first-order valence-electron chi connectivity index (χ1n) is 3.66. The largest absolute Gasteiger partial charge is 0.480 e. The van der Waals surface area contributed by atoms with Crippen molar-refractivity contribution in [2.45, 2.75) is 12.5 Å². The zero-order chi connectivity index (χ0) is 8.97. The van der Waals surface area contributed by atoms with E-state index in [9.17, 15) is 4.79 Å². The van der Waals surface area contributed by atoms with Crippen LogP contribution in [0.1, 0.15) is 5.76 Å². The van der Waals surface area contributed by atoms with Gasteiger partial charge in [0.2, 0.25) is 0 Å². The van der Waals surface area contributed by atoms with E-state index in [1.807, 2.05) is 0 Å². The summed E-state index contributed by atoms with van der Waals surface area (Å²) in [6.45, 7) is 0. The van der Waals surface area contributed by atoms with Crippen LogP contribution in [0.3, 0.4) is 0 Å². The number of hydrogen-bond donors (Lipinski definition) is 2. The van der Waals surface area contributed by atoms with Crippen LogP contribution in [0.25, 0.3) is 0 Å². The summed E-state index contributed by atoms with van der Waals surface area (Å²) in [4.78, 5) is 10.6. The molecule has 0 aromatic carbocycles. The van der Waals surface area contributed by atoms with Crippen LogP contribution < -0.4 is 5.32 Å². The normalized spacial score (nSPS) is 12.8. The van der Waals surface area contributed by atoms with Gasteiger partial charge < -0.3 is 14.8 Å². The van der Waals surface area contributed by atoms with Gasteiger partial charge in [0, 0.05) is 6.42 Å². The second-order valence-corrected chi connectivity index (χ2v) is 2.46.